The van der Waals surface area contributed by atoms with Gasteiger partial charge in [0.25, 0.3) is 0 Å². The van der Waals surface area contributed by atoms with E-state index < -0.39 is 0 Å². The van der Waals surface area contributed by atoms with Gasteiger partial charge in [0.05, 0.1) is 17.5 Å². The van der Waals surface area contributed by atoms with E-state index >= 15 is 0 Å². The summed E-state index contributed by atoms with van der Waals surface area (Å²) >= 11 is 5.86. The number of allylic oxidation sites excluding steroid dienone is 2. The van der Waals surface area contributed by atoms with Crippen molar-refractivity contribution in [3.63, 3.8) is 0 Å². The standard InChI is InChI=1S/C25H20ClNO4/c26-14-6-4-13(5-7-14)21(28)12-31-16-3-1-2-15(10-16)27-24(29)22-17-8-9-18(20-11-19(17)20)23(22)25(27)30/h1-10,17-20,22-23H,11-12H2/t17-,18-,19-,20+,22-,23-/m1/s1. The lowest BCUT2D eigenvalue weighted by Gasteiger charge is -2.37. The van der Waals surface area contributed by atoms with E-state index in [4.69, 9.17) is 16.3 Å². The quantitative estimate of drug-likeness (QED) is 0.403. The number of hydrogen-bond donors (Lipinski definition) is 0. The maximum Gasteiger partial charge on any atom is 0.238 e. The molecule has 1 saturated heterocycles. The number of carbonyl (C=O) groups excluding carboxylic acids is 3. The lowest BCUT2D eigenvalue weighted by atomic mass is 9.63. The number of benzene rings is 2. The SMILES string of the molecule is O=C(COc1cccc(N2C(=O)[C@@H]3[C@@H]4C=C[C@H]([C@@H]5C[C@H]45)[C@H]3C2=O)c1)c1ccc(Cl)cc1. The molecule has 0 unspecified atom stereocenters. The van der Waals surface area contributed by atoms with Crippen LogP contribution in [-0.4, -0.2) is 24.2 Å². The van der Waals surface area contributed by atoms with Crippen LogP contribution >= 0.6 is 11.6 Å². The fraction of sp³-hybridized carbons (Fsp3) is 0.320. The molecular weight excluding hydrogens is 414 g/mol. The predicted octanol–water partition coefficient (Wildman–Crippen LogP) is 4.16. The molecule has 6 atom stereocenters. The van der Waals surface area contributed by atoms with Gasteiger partial charge in [0.1, 0.15) is 5.75 Å². The van der Waals surface area contributed by atoms with Crippen LogP contribution in [0, 0.1) is 35.5 Å². The lowest BCUT2D eigenvalue weighted by Crippen LogP contribution is -2.40. The Morgan fingerprint density at radius 2 is 1.61 bits per heavy atom. The van der Waals surface area contributed by atoms with Crippen LogP contribution in [0.15, 0.2) is 60.7 Å². The molecule has 0 radical (unpaired) electrons. The highest BCUT2D eigenvalue weighted by molar-refractivity contribution is 6.30. The summed E-state index contributed by atoms with van der Waals surface area (Å²) in [5, 5.41) is 0.562. The third kappa shape index (κ3) is 2.87. The fourth-order valence-electron chi connectivity index (χ4n) is 5.79. The second-order valence-electron chi connectivity index (χ2n) is 8.88. The third-order valence-corrected chi connectivity index (χ3v) is 7.53. The zero-order valence-electron chi connectivity index (χ0n) is 16.6. The molecule has 2 aromatic carbocycles. The first-order valence-electron chi connectivity index (χ1n) is 10.6. The van der Waals surface area contributed by atoms with Gasteiger partial charge in [-0.2, -0.15) is 0 Å². The van der Waals surface area contributed by atoms with E-state index in [1.54, 1.807) is 48.5 Å². The first kappa shape index (κ1) is 18.8. The van der Waals surface area contributed by atoms with Crippen LogP contribution in [0.1, 0.15) is 16.8 Å². The van der Waals surface area contributed by atoms with Crippen LogP contribution < -0.4 is 9.64 Å². The first-order chi connectivity index (χ1) is 15.0. The van der Waals surface area contributed by atoms with Gasteiger partial charge in [-0.1, -0.05) is 29.8 Å². The highest BCUT2D eigenvalue weighted by atomic mass is 35.5. The second kappa shape index (κ2) is 6.79. The van der Waals surface area contributed by atoms with Crippen molar-refractivity contribution >= 4 is 34.9 Å². The number of halogens is 1. The number of nitrogens with zero attached hydrogens (tertiary/aromatic N) is 1. The Labute approximate surface area is 184 Å². The van der Waals surface area contributed by atoms with Crippen molar-refractivity contribution in [2.45, 2.75) is 6.42 Å². The van der Waals surface area contributed by atoms with Crippen LogP contribution in [0.2, 0.25) is 5.02 Å². The third-order valence-electron chi connectivity index (χ3n) is 7.27. The minimum atomic E-state index is -0.234. The molecule has 1 heterocycles. The van der Waals surface area contributed by atoms with Gasteiger partial charge in [0.2, 0.25) is 11.8 Å². The van der Waals surface area contributed by atoms with E-state index in [9.17, 15) is 14.4 Å². The van der Waals surface area contributed by atoms with Crippen LogP contribution in [-0.2, 0) is 9.59 Å². The van der Waals surface area contributed by atoms with Crippen molar-refractivity contribution in [1.82, 2.24) is 0 Å². The smallest absolute Gasteiger partial charge is 0.238 e. The Morgan fingerprint density at radius 1 is 0.968 bits per heavy atom. The number of amides is 2. The van der Waals surface area contributed by atoms with E-state index in [0.717, 1.165) is 6.42 Å². The van der Waals surface area contributed by atoms with E-state index in [0.29, 0.717) is 33.9 Å². The molecule has 31 heavy (non-hydrogen) atoms. The van der Waals surface area contributed by atoms with Crippen LogP contribution in [0.3, 0.4) is 0 Å². The van der Waals surface area contributed by atoms with Gasteiger partial charge >= 0.3 is 0 Å². The Balaban J connectivity index is 1.20. The summed E-state index contributed by atoms with van der Waals surface area (Å²) in [6.45, 7) is -0.143. The molecule has 2 aromatic rings. The number of Topliss-reactive ketones (excluding diaryl/α,β-unsaturated/α-hetero) is 1. The van der Waals surface area contributed by atoms with Crippen LogP contribution in [0.5, 0.6) is 5.75 Å². The number of rotatable bonds is 5. The molecule has 3 fully saturated rings. The molecule has 0 spiro atoms. The molecule has 6 heteroatoms. The molecular formula is C25H20ClNO4. The maximum absolute atomic E-state index is 13.3. The van der Waals surface area contributed by atoms with Gasteiger partial charge in [-0.25, -0.2) is 4.90 Å². The van der Waals surface area contributed by atoms with Gasteiger partial charge in [0, 0.05) is 16.7 Å². The number of hydrogen-bond acceptors (Lipinski definition) is 4. The maximum atomic E-state index is 13.3. The molecule has 1 aliphatic heterocycles. The summed E-state index contributed by atoms with van der Waals surface area (Å²) in [7, 11) is 0. The molecule has 5 nitrogen and oxygen atoms in total. The van der Waals surface area contributed by atoms with Crippen molar-refractivity contribution in [2.75, 3.05) is 11.5 Å². The molecule has 2 saturated carbocycles. The Kier molecular flexibility index (Phi) is 4.12. The highest BCUT2D eigenvalue weighted by Gasteiger charge is 2.67. The van der Waals surface area contributed by atoms with Gasteiger partial charge in [-0.05, 0) is 66.5 Å². The molecule has 4 aliphatic carbocycles. The van der Waals surface area contributed by atoms with Gasteiger partial charge in [0.15, 0.2) is 12.4 Å². The minimum absolute atomic E-state index is 0.103. The Morgan fingerprint density at radius 3 is 2.26 bits per heavy atom. The molecule has 2 amide bonds. The van der Waals surface area contributed by atoms with Gasteiger partial charge in [-0.15, -0.1) is 0 Å². The van der Waals surface area contributed by atoms with Gasteiger partial charge < -0.3 is 4.74 Å². The Hall–Kier alpha value is -2.92. The summed E-state index contributed by atoms with van der Waals surface area (Å²) in [6, 6.07) is 13.5. The molecule has 0 N–H and O–H groups in total. The number of ketones is 1. The molecule has 2 bridgehead atoms. The number of ether oxygens (including phenoxy) is 1. The highest BCUT2D eigenvalue weighted by Crippen LogP contribution is 2.65. The zero-order valence-corrected chi connectivity index (χ0v) is 17.4. The summed E-state index contributed by atoms with van der Waals surface area (Å²) in [6.07, 6.45) is 5.47. The summed E-state index contributed by atoms with van der Waals surface area (Å²) in [5.74, 6) is 1.12. The van der Waals surface area contributed by atoms with E-state index in [-0.39, 0.29) is 47.9 Å². The molecule has 7 rings (SSSR count). The average Bonchev–Trinajstić information content (AvgIpc) is 3.56. The molecule has 0 aromatic heterocycles. The largest absolute Gasteiger partial charge is 0.485 e. The average molecular weight is 434 g/mol. The first-order valence-corrected chi connectivity index (χ1v) is 11.0. The zero-order chi connectivity index (χ0) is 21.3. The van der Waals surface area contributed by atoms with Crippen molar-refractivity contribution < 1.29 is 19.1 Å². The van der Waals surface area contributed by atoms with Crippen LogP contribution in [0.25, 0.3) is 0 Å². The van der Waals surface area contributed by atoms with Crippen molar-refractivity contribution in [3.05, 3.63) is 71.3 Å². The lowest BCUT2D eigenvalue weighted by molar-refractivity contribution is -0.124. The Bertz CT molecular complexity index is 1100. The number of anilines is 1. The van der Waals surface area contributed by atoms with Crippen molar-refractivity contribution in [1.29, 1.82) is 0 Å². The topological polar surface area (TPSA) is 63.7 Å². The van der Waals surface area contributed by atoms with Gasteiger partial charge in [-0.3, -0.25) is 14.4 Å². The normalized spacial score (nSPS) is 32.1. The number of carbonyl (C=O) groups is 3. The summed E-state index contributed by atoms with van der Waals surface area (Å²) in [5.41, 5.74) is 1.02. The second-order valence-corrected chi connectivity index (χ2v) is 9.32. The summed E-state index contributed by atoms with van der Waals surface area (Å²) < 4.78 is 5.68. The molecule has 5 aliphatic rings. The van der Waals surface area contributed by atoms with E-state index in [1.165, 1.54) is 4.90 Å². The summed E-state index contributed by atoms with van der Waals surface area (Å²) in [4.78, 5) is 40.2. The molecule has 156 valence electrons. The minimum Gasteiger partial charge on any atom is -0.485 e. The van der Waals surface area contributed by atoms with E-state index in [1.807, 2.05) is 0 Å². The fourth-order valence-corrected chi connectivity index (χ4v) is 5.92. The van der Waals surface area contributed by atoms with Crippen LogP contribution in [0.4, 0.5) is 5.69 Å². The van der Waals surface area contributed by atoms with Crippen molar-refractivity contribution in [2.24, 2.45) is 35.5 Å². The van der Waals surface area contributed by atoms with E-state index in [2.05, 4.69) is 12.2 Å². The monoisotopic (exact) mass is 433 g/mol. The number of imide groups is 1. The predicted molar refractivity (Wildman–Crippen MR) is 115 cm³/mol. The van der Waals surface area contributed by atoms with Crippen molar-refractivity contribution in [3.8, 4) is 5.75 Å².